The van der Waals surface area contributed by atoms with Crippen LogP contribution in [0.3, 0.4) is 0 Å². The van der Waals surface area contributed by atoms with Gasteiger partial charge >= 0.3 is 0 Å². The van der Waals surface area contributed by atoms with E-state index in [4.69, 9.17) is 0 Å². The van der Waals surface area contributed by atoms with Crippen LogP contribution in [0.25, 0.3) is 0 Å². The van der Waals surface area contributed by atoms with Gasteiger partial charge in [0.05, 0.1) is 0 Å². The number of anilines is 1. The Morgan fingerprint density at radius 1 is 1.24 bits per heavy atom. The van der Waals surface area contributed by atoms with Crippen molar-refractivity contribution in [3.05, 3.63) is 29.8 Å². The first kappa shape index (κ1) is 13.6. The van der Waals surface area contributed by atoms with Crippen molar-refractivity contribution in [2.75, 3.05) is 11.9 Å². The number of benzene rings is 1. The quantitative estimate of drug-likeness (QED) is 0.794. The molecular weight excluding hydrogens is 212 g/mol. The molecule has 3 nitrogen and oxygen atoms in total. The van der Waals surface area contributed by atoms with Crippen molar-refractivity contribution in [1.82, 2.24) is 5.32 Å². The summed E-state index contributed by atoms with van der Waals surface area (Å²) in [7, 11) is 0. The summed E-state index contributed by atoms with van der Waals surface area (Å²) in [4.78, 5) is 11.5. The van der Waals surface area contributed by atoms with Crippen molar-refractivity contribution >= 4 is 11.6 Å². The van der Waals surface area contributed by atoms with Gasteiger partial charge in [-0.05, 0) is 38.0 Å². The fourth-order valence-corrected chi connectivity index (χ4v) is 1.70. The molecule has 0 radical (unpaired) electrons. The smallest absolute Gasteiger partial charge is 0.242 e. The highest BCUT2D eigenvalue weighted by Crippen LogP contribution is 2.12. The van der Waals surface area contributed by atoms with Crippen LogP contribution in [0.1, 0.15) is 32.8 Å². The van der Waals surface area contributed by atoms with Gasteiger partial charge in [0.1, 0.15) is 6.04 Å². The minimum absolute atomic E-state index is 0.0325. The number of hydrogen-bond acceptors (Lipinski definition) is 2. The van der Waals surface area contributed by atoms with Crippen molar-refractivity contribution in [3.63, 3.8) is 0 Å². The third kappa shape index (κ3) is 4.47. The topological polar surface area (TPSA) is 41.1 Å². The third-order valence-electron chi connectivity index (χ3n) is 2.62. The van der Waals surface area contributed by atoms with Crippen molar-refractivity contribution in [2.24, 2.45) is 0 Å². The minimum Gasteiger partial charge on any atom is -0.374 e. The predicted molar refractivity (Wildman–Crippen MR) is 72.2 cm³/mol. The van der Waals surface area contributed by atoms with E-state index < -0.39 is 0 Å². The van der Waals surface area contributed by atoms with Crippen LogP contribution in [0, 0.1) is 0 Å². The molecule has 2 N–H and O–H groups in total. The number of carbonyl (C=O) groups excluding carboxylic acids is 1. The summed E-state index contributed by atoms with van der Waals surface area (Å²) in [6, 6.07) is 8.07. The average Bonchev–Trinajstić information content (AvgIpc) is 2.32. The maximum atomic E-state index is 11.5. The maximum Gasteiger partial charge on any atom is 0.242 e. The largest absolute Gasteiger partial charge is 0.374 e. The summed E-state index contributed by atoms with van der Waals surface area (Å²) < 4.78 is 0. The van der Waals surface area contributed by atoms with Crippen molar-refractivity contribution in [2.45, 2.75) is 39.7 Å². The van der Waals surface area contributed by atoms with Crippen LogP contribution in [-0.4, -0.2) is 18.5 Å². The van der Waals surface area contributed by atoms with Crippen LogP contribution < -0.4 is 10.6 Å². The molecule has 0 spiro atoms. The molecule has 0 aliphatic carbocycles. The lowest BCUT2D eigenvalue weighted by molar-refractivity contribution is -0.121. The Morgan fingerprint density at radius 3 is 2.41 bits per heavy atom. The standard InChI is InChI=1S/C14H22N2O/c1-4-6-12-7-9-13(10-8-12)16-11(3)14(17)15-5-2/h7-11,16H,4-6H2,1-3H3,(H,15,17). The van der Waals surface area contributed by atoms with Crippen LogP contribution in [0.5, 0.6) is 0 Å². The van der Waals surface area contributed by atoms with Gasteiger partial charge in [-0.2, -0.15) is 0 Å². The highest BCUT2D eigenvalue weighted by Gasteiger charge is 2.10. The predicted octanol–water partition coefficient (Wildman–Crippen LogP) is 2.58. The molecule has 3 heteroatoms. The van der Waals surface area contributed by atoms with E-state index in [2.05, 4.69) is 29.7 Å². The lowest BCUT2D eigenvalue weighted by Gasteiger charge is -2.14. The fraction of sp³-hybridized carbons (Fsp3) is 0.500. The summed E-state index contributed by atoms with van der Waals surface area (Å²) in [5.74, 6) is 0.0325. The summed E-state index contributed by atoms with van der Waals surface area (Å²) in [6.45, 7) is 6.62. The number of carbonyl (C=O) groups is 1. The van der Waals surface area contributed by atoms with Gasteiger partial charge in [-0.25, -0.2) is 0 Å². The van der Waals surface area contributed by atoms with Gasteiger partial charge in [-0.3, -0.25) is 4.79 Å². The Labute approximate surface area is 104 Å². The first-order valence-corrected chi connectivity index (χ1v) is 6.30. The second-order valence-corrected chi connectivity index (χ2v) is 4.21. The Balaban J connectivity index is 2.53. The molecule has 1 aromatic carbocycles. The summed E-state index contributed by atoms with van der Waals surface area (Å²) in [5.41, 5.74) is 2.33. The molecule has 0 saturated carbocycles. The molecule has 1 atom stereocenters. The van der Waals surface area contributed by atoms with Crippen molar-refractivity contribution < 1.29 is 4.79 Å². The highest BCUT2D eigenvalue weighted by molar-refractivity contribution is 5.84. The Hall–Kier alpha value is -1.51. The number of hydrogen-bond donors (Lipinski definition) is 2. The summed E-state index contributed by atoms with van der Waals surface area (Å²) >= 11 is 0. The van der Waals surface area contributed by atoms with Crippen LogP contribution >= 0.6 is 0 Å². The van der Waals surface area contributed by atoms with E-state index in [0.717, 1.165) is 18.5 Å². The van der Waals surface area contributed by atoms with Crippen LogP contribution in [-0.2, 0) is 11.2 Å². The molecule has 0 heterocycles. The molecule has 0 aliphatic rings. The molecule has 0 saturated heterocycles. The first-order chi connectivity index (χ1) is 8.17. The van der Waals surface area contributed by atoms with E-state index in [-0.39, 0.29) is 11.9 Å². The number of rotatable bonds is 6. The molecule has 94 valence electrons. The molecule has 0 aromatic heterocycles. The summed E-state index contributed by atoms with van der Waals surface area (Å²) in [6.07, 6.45) is 2.26. The van der Waals surface area contributed by atoms with Crippen LogP contribution in [0.15, 0.2) is 24.3 Å². The molecule has 1 amide bonds. The van der Waals surface area contributed by atoms with Crippen molar-refractivity contribution in [1.29, 1.82) is 0 Å². The van der Waals surface area contributed by atoms with Gasteiger partial charge < -0.3 is 10.6 Å². The lowest BCUT2D eigenvalue weighted by Crippen LogP contribution is -2.37. The van der Waals surface area contributed by atoms with E-state index in [1.165, 1.54) is 5.56 Å². The number of likely N-dealkylation sites (N-methyl/N-ethyl adjacent to an activating group) is 1. The molecule has 0 fully saturated rings. The van der Waals surface area contributed by atoms with Gasteiger partial charge in [-0.1, -0.05) is 25.5 Å². The second kappa shape index (κ2) is 6.94. The normalized spacial score (nSPS) is 11.9. The molecule has 17 heavy (non-hydrogen) atoms. The SMILES string of the molecule is CCCc1ccc(NC(C)C(=O)NCC)cc1. The van der Waals surface area contributed by atoms with Gasteiger partial charge in [0.25, 0.3) is 0 Å². The maximum absolute atomic E-state index is 11.5. The zero-order valence-corrected chi connectivity index (χ0v) is 10.9. The average molecular weight is 234 g/mol. The molecule has 1 aromatic rings. The van der Waals surface area contributed by atoms with Crippen LogP contribution in [0.4, 0.5) is 5.69 Å². The Kier molecular flexibility index (Phi) is 5.53. The highest BCUT2D eigenvalue weighted by atomic mass is 16.2. The van der Waals surface area contributed by atoms with Crippen LogP contribution in [0.2, 0.25) is 0 Å². The van der Waals surface area contributed by atoms with E-state index >= 15 is 0 Å². The van der Waals surface area contributed by atoms with Gasteiger partial charge in [0.2, 0.25) is 5.91 Å². The summed E-state index contributed by atoms with van der Waals surface area (Å²) in [5, 5.41) is 5.98. The molecule has 1 rings (SSSR count). The Bertz CT molecular complexity index is 346. The monoisotopic (exact) mass is 234 g/mol. The second-order valence-electron chi connectivity index (χ2n) is 4.21. The zero-order valence-electron chi connectivity index (χ0n) is 10.9. The molecule has 0 bridgehead atoms. The number of amides is 1. The van der Waals surface area contributed by atoms with Gasteiger partial charge in [-0.15, -0.1) is 0 Å². The van der Waals surface area contributed by atoms with Crippen molar-refractivity contribution in [3.8, 4) is 0 Å². The minimum atomic E-state index is -0.202. The van der Waals surface area contributed by atoms with Gasteiger partial charge in [0, 0.05) is 12.2 Å². The van der Waals surface area contributed by atoms with E-state index in [1.54, 1.807) is 0 Å². The van der Waals surface area contributed by atoms with E-state index in [0.29, 0.717) is 6.54 Å². The lowest BCUT2D eigenvalue weighted by atomic mass is 10.1. The number of aryl methyl sites for hydroxylation is 1. The third-order valence-corrected chi connectivity index (χ3v) is 2.62. The number of nitrogens with one attached hydrogen (secondary N) is 2. The van der Waals surface area contributed by atoms with E-state index in [1.807, 2.05) is 26.0 Å². The fourth-order valence-electron chi connectivity index (χ4n) is 1.70. The Morgan fingerprint density at radius 2 is 1.88 bits per heavy atom. The molecule has 1 unspecified atom stereocenters. The van der Waals surface area contributed by atoms with E-state index in [9.17, 15) is 4.79 Å². The molecule has 0 aliphatic heterocycles. The zero-order chi connectivity index (χ0) is 12.7. The van der Waals surface area contributed by atoms with Gasteiger partial charge in [0.15, 0.2) is 0 Å². The first-order valence-electron chi connectivity index (χ1n) is 6.30. The molecular formula is C14H22N2O.